The number of hydrogen-bond donors (Lipinski definition) is 2. The second-order valence-electron chi connectivity index (χ2n) is 5.06. The molecule has 23 heavy (non-hydrogen) atoms. The van der Waals surface area contributed by atoms with Gasteiger partial charge in [-0.05, 0) is 19.1 Å². The highest BCUT2D eigenvalue weighted by Gasteiger charge is 2.20. The number of para-hydroxylation sites is 2. The topological polar surface area (TPSA) is 90.5 Å². The first-order valence-corrected chi connectivity index (χ1v) is 7.90. The third kappa shape index (κ3) is 2.94. The molecule has 7 heteroatoms. The van der Waals surface area contributed by atoms with Crippen molar-refractivity contribution in [2.45, 2.75) is 17.3 Å². The Morgan fingerprint density at radius 2 is 2.22 bits per heavy atom. The molecule has 0 aliphatic rings. The zero-order chi connectivity index (χ0) is 16.4. The molecule has 1 atom stereocenters. The quantitative estimate of drug-likeness (QED) is 0.436. The van der Waals surface area contributed by atoms with Gasteiger partial charge in [-0.25, -0.2) is 9.97 Å². The number of fused-ring (bicyclic) bond motifs is 1. The van der Waals surface area contributed by atoms with Crippen LogP contribution in [0.25, 0.3) is 16.6 Å². The molecular formula is C16H15N5OS. The van der Waals surface area contributed by atoms with Crippen molar-refractivity contribution in [1.29, 1.82) is 5.26 Å². The molecule has 2 N–H and O–H groups in total. The molecule has 0 fully saturated rings. The first-order chi connectivity index (χ1) is 11.1. The maximum Gasteiger partial charge on any atom is 0.168 e. The highest BCUT2D eigenvalue weighted by Crippen LogP contribution is 2.29. The standard InChI is InChI=1S/C16H15N5OS/c1-10(23-16-18-7-8-21(16)2)14(22)11(9-17)15-19-12-5-3-4-6-13(12)20-15/h3-8,10,22H,1-2H3,(H,19,20)/b14-11-. The fourth-order valence-electron chi connectivity index (χ4n) is 2.19. The van der Waals surface area contributed by atoms with Crippen molar-refractivity contribution < 1.29 is 5.11 Å². The molecule has 0 aliphatic heterocycles. The third-order valence-electron chi connectivity index (χ3n) is 3.44. The summed E-state index contributed by atoms with van der Waals surface area (Å²) in [4.78, 5) is 11.7. The summed E-state index contributed by atoms with van der Waals surface area (Å²) < 4.78 is 1.86. The van der Waals surface area contributed by atoms with E-state index in [1.165, 1.54) is 11.8 Å². The van der Waals surface area contributed by atoms with Crippen molar-refractivity contribution in [2.75, 3.05) is 0 Å². The van der Waals surface area contributed by atoms with Crippen LogP contribution in [0.2, 0.25) is 0 Å². The first-order valence-electron chi connectivity index (χ1n) is 7.02. The number of benzene rings is 1. The first kappa shape index (κ1) is 15.2. The summed E-state index contributed by atoms with van der Waals surface area (Å²) in [5.74, 6) is 0.359. The Morgan fingerprint density at radius 1 is 1.43 bits per heavy atom. The molecule has 6 nitrogen and oxygen atoms in total. The zero-order valence-electron chi connectivity index (χ0n) is 12.7. The third-order valence-corrected chi connectivity index (χ3v) is 4.62. The van der Waals surface area contributed by atoms with E-state index in [-0.39, 0.29) is 16.6 Å². The molecule has 0 bridgehead atoms. The number of nitrogens with zero attached hydrogens (tertiary/aromatic N) is 4. The average Bonchev–Trinajstić information content (AvgIpc) is 3.14. The van der Waals surface area contributed by atoms with Crippen LogP contribution in [0.4, 0.5) is 0 Å². The maximum absolute atomic E-state index is 10.5. The summed E-state index contributed by atoms with van der Waals surface area (Å²) in [5, 5.41) is 20.4. The molecular weight excluding hydrogens is 310 g/mol. The highest BCUT2D eigenvalue weighted by molar-refractivity contribution is 7.99. The number of aromatic nitrogens is 4. The van der Waals surface area contributed by atoms with Crippen LogP contribution < -0.4 is 0 Å². The van der Waals surface area contributed by atoms with Crippen LogP contribution in [0, 0.1) is 11.3 Å². The van der Waals surface area contributed by atoms with Gasteiger partial charge >= 0.3 is 0 Å². The molecule has 0 aliphatic carbocycles. The van der Waals surface area contributed by atoms with E-state index >= 15 is 0 Å². The predicted molar refractivity (Wildman–Crippen MR) is 89.8 cm³/mol. The summed E-state index contributed by atoms with van der Waals surface area (Å²) in [6, 6.07) is 9.55. The number of aliphatic hydroxyl groups is 1. The number of hydrogen-bond acceptors (Lipinski definition) is 5. The second kappa shape index (κ2) is 6.18. The van der Waals surface area contributed by atoms with Gasteiger partial charge in [-0.15, -0.1) is 0 Å². The number of nitrogens with one attached hydrogen (secondary N) is 1. The van der Waals surface area contributed by atoms with Crippen molar-refractivity contribution in [3.63, 3.8) is 0 Å². The van der Waals surface area contributed by atoms with E-state index in [1.54, 1.807) is 6.20 Å². The minimum Gasteiger partial charge on any atom is -0.510 e. The molecule has 116 valence electrons. The molecule has 0 radical (unpaired) electrons. The number of rotatable bonds is 4. The van der Waals surface area contributed by atoms with Crippen molar-refractivity contribution in [3.05, 3.63) is 48.2 Å². The minimum absolute atomic E-state index is 0.0143. The van der Waals surface area contributed by atoms with E-state index in [9.17, 15) is 10.4 Å². The lowest BCUT2D eigenvalue weighted by Gasteiger charge is -2.11. The Balaban J connectivity index is 1.95. The van der Waals surface area contributed by atoms with Crippen LogP contribution in [-0.4, -0.2) is 29.9 Å². The monoisotopic (exact) mass is 325 g/mol. The number of thioether (sulfide) groups is 1. The highest BCUT2D eigenvalue weighted by atomic mass is 32.2. The van der Waals surface area contributed by atoms with Gasteiger partial charge in [0, 0.05) is 19.4 Å². The van der Waals surface area contributed by atoms with Crippen molar-refractivity contribution in [2.24, 2.45) is 7.05 Å². The van der Waals surface area contributed by atoms with E-state index in [0.717, 1.165) is 16.2 Å². The Morgan fingerprint density at radius 3 is 2.87 bits per heavy atom. The van der Waals surface area contributed by atoms with Crippen molar-refractivity contribution in [1.82, 2.24) is 19.5 Å². The Bertz CT molecular complexity index is 885. The summed E-state index contributed by atoms with van der Waals surface area (Å²) in [6.07, 6.45) is 3.53. The lowest BCUT2D eigenvalue weighted by Crippen LogP contribution is -2.06. The Hall–Kier alpha value is -2.72. The fourth-order valence-corrected chi connectivity index (χ4v) is 3.08. The van der Waals surface area contributed by atoms with Gasteiger partial charge in [0.05, 0.1) is 16.3 Å². The minimum atomic E-state index is -0.320. The normalized spacial score (nSPS) is 13.6. The second-order valence-corrected chi connectivity index (χ2v) is 6.36. The summed E-state index contributed by atoms with van der Waals surface area (Å²) in [7, 11) is 1.88. The number of allylic oxidation sites excluding steroid dienone is 1. The average molecular weight is 325 g/mol. The van der Waals surface area contributed by atoms with Crippen molar-refractivity contribution >= 4 is 28.4 Å². The van der Waals surface area contributed by atoms with Crippen LogP contribution >= 0.6 is 11.8 Å². The molecule has 1 unspecified atom stereocenters. The van der Waals surface area contributed by atoms with Gasteiger partial charge in [0.2, 0.25) is 0 Å². The predicted octanol–water partition coefficient (Wildman–Crippen LogP) is 3.27. The lowest BCUT2D eigenvalue weighted by molar-refractivity contribution is 0.401. The van der Waals surface area contributed by atoms with Crippen LogP contribution in [0.15, 0.2) is 47.6 Å². The van der Waals surface area contributed by atoms with E-state index in [4.69, 9.17) is 0 Å². The Labute approximate surface area is 137 Å². The SMILES string of the molecule is CC(Sc1nccn1C)/C(O)=C(\C#N)c1nc2ccccc2[nH]1. The molecule has 2 aromatic heterocycles. The van der Waals surface area contributed by atoms with E-state index in [2.05, 4.69) is 15.0 Å². The fraction of sp³-hybridized carbons (Fsp3) is 0.188. The molecule has 2 heterocycles. The van der Waals surface area contributed by atoms with Gasteiger partial charge in [0.15, 0.2) is 11.0 Å². The van der Waals surface area contributed by atoms with Crippen molar-refractivity contribution in [3.8, 4) is 6.07 Å². The lowest BCUT2D eigenvalue weighted by atomic mass is 10.2. The maximum atomic E-state index is 10.5. The number of nitriles is 1. The van der Waals surface area contributed by atoms with Crippen LogP contribution in [0.5, 0.6) is 0 Å². The van der Waals surface area contributed by atoms with Gasteiger partial charge in [0.1, 0.15) is 17.4 Å². The van der Waals surface area contributed by atoms with Gasteiger partial charge in [0.25, 0.3) is 0 Å². The summed E-state index contributed by atoms with van der Waals surface area (Å²) in [5.41, 5.74) is 1.73. The number of H-pyrrole nitrogens is 1. The summed E-state index contributed by atoms with van der Waals surface area (Å²) in [6.45, 7) is 1.83. The number of aromatic amines is 1. The molecule has 0 saturated heterocycles. The smallest absolute Gasteiger partial charge is 0.168 e. The van der Waals surface area contributed by atoms with E-state index in [1.807, 2.05) is 55.1 Å². The molecule has 3 aromatic rings. The molecule has 0 amide bonds. The van der Waals surface area contributed by atoms with Gasteiger partial charge in [-0.3, -0.25) is 0 Å². The number of aliphatic hydroxyl groups excluding tert-OH is 1. The zero-order valence-corrected chi connectivity index (χ0v) is 13.5. The van der Waals surface area contributed by atoms with Crippen LogP contribution in [0.1, 0.15) is 12.7 Å². The number of aryl methyl sites for hydroxylation is 1. The molecule has 1 aromatic carbocycles. The molecule has 3 rings (SSSR count). The van der Waals surface area contributed by atoms with E-state index in [0.29, 0.717) is 5.82 Å². The van der Waals surface area contributed by atoms with E-state index < -0.39 is 0 Å². The van der Waals surface area contributed by atoms with Gasteiger partial charge in [-0.1, -0.05) is 23.9 Å². The van der Waals surface area contributed by atoms with Gasteiger partial charge < -0.3 is 14.7 Å². The largest absolute Gasteiger partial charge is 0.510 e. The van der Waals surface area contributed by atoms with Gasteiger partial charge in [-0.2, -0.15) is 5.26 Å². The number of imidazole rings is 2. The Kier molecular flexibility index (Phi) is 4.08. The van der Waals surface area contributed by atoms with Crippen LogP contribution in [0.3, 0.4) is 0 Å². The van der Waals surface area contributed by atoms with Crippen LogP contribution in [-0.2, 0) is 7.05 Å². The molecule has 0 spiro atoms. The summed E-state index contributed by atoms with van der Waals surface area (Å²) >= 11 is 1.38. The molecule has 0 saturated carbocycles.